The van der Waals surface area contributed by atoms with E-state index in [1.165, 1.54) is 11.5 Å². The number of aromatic nitrogens is 2. The summed E-state index contributed by atoms with van der Waals surface area (Å²) in [5.41, 5.74) is 6.82. The summed E-state index contributed by atoms with van der Waals surface area (Å²) in [4.78, 5) is 0. The van der Waals surface area contributed by atoms with Crippen LogP contribution in [0.25, 0.3) is 0 Å². The molecule has 2 heterocycles. The van der Waals surface area contributed by atoms with Crippen molar-refractivity contribution >= 4 is 17.4 Å². The van der Waals surface area contributed by atoms with Gasteiger partial charge in [0.25, 0.3) is 5.82 Å². The van der Waals surface area contributed by atoms with Crippen LogP contribution in [0, 0.1) is 0 Å². The maximum Gasteiger partial charge on any atom is 0.272 e. The molecule has 0 unspecified atom stereocenters. The predicted octanol–water partition coefficient (Wildman–Crippen LogP) is 1.06. The van der Waals surface area contributed by atoms with Crippen LogP contribution in [0.5, 0.6) is 0 Å². The van der Waals surface area contributed by atoms with Crippen molar-refractivity contribution in [3.63, 3.8) is 0 Å². The molecule has 2 rings (SSSR count). The summed E-state index contributed by atoms with van der Waals surface area (Å²) >= 11 is 1.46. The lowest BCUT2D eigenvalue weighted by molar-refractivity contribution is -0.674. The van der Waals surface area contributed by atoms with E-state index in [1.807, 2.05) is 40.4 Å². The van der Waals surface area contributed by atoms with Gasteiger partial charge in [0.1, 0.15) is 6.54 Å². The quantitative estimate of drug-likeness (QED) is 0.723. The Morgan fingerprint density at radius 3 is 3.00 bits per heavy atom. The standard InChI is InChI=1S/C9H9N3S/c10-9-3-1-2-5-12(9)7-8-4-6-13-11-8/h1-6,10H,7H2/p+1. The Balaban J connectivity index is 2.24. The molecule has 0 saturated carbocycles. The average Bonchev–Trinajstić information content (AvgIpc) is 2.61. The molecule has 0 saturated heterocycles. The maximum absolute atomic E-state index is 5.78. The van der Waals surface area contributed by atoms with Crippen LogP contribution in [0.3, 0.4) is 0 Å². The van der Waals surface area contributed by atoms with Gasteiger partial charge in [0.15, 0.2) is 0 Å². The number of nitrogen functional groups attached to an aromatic ring is 1. The lowest BCUT2D eigenvalue weighted by atomic mass is 10.4. The van der Waals surface area contributed by atoms with Gasteiger partial charge >= 0.3 is 0 Å². The molecule has 4 heteroatoms. The molecule has 66 valence electrons. The summed E-state index contributed by atoms with van der Waals surface area (Å²) < 4.78 is 6.19. The molecule has 0 aliphatic rings. The van der Waals surface area contributed by atoms with Gasteiger partial charge in [0.2, 0.25) is 0 Å². The average molecular weight is 192 g/mol. The van der Waals surface area contributed by atoms with Crippen LogP contribution in [0.15, 0.2) is 35.8 Å². The van der Waals surface area contributed by atoms with Gasteiger partial charge in [0.05, 0.1) is 11.9 Å². The number of nitrogens with two attached hydrogens (primary N) is 1. The third-order valence-electron chi connectivity index (χ3n) is 1.80. The molecule has 0 aliphatic carbocycles. The van der Waals surface area contributed by atoms with Crippen LogP contribution in [0.1, 0.15) is 5.69 Å². The van der Waals surface area contributed by atoms with E-state index in [4.69, 9.17) is 5.73 Å². The van der Waals surface area contributed by atoms with Crippen LogP contribution in [0.4, 0.5) is 5.82 Å². The highest BCUT2D eigenvalue weighted by Crippen LogP contribution is 2.00. The Bertz CT molecular complexity index is 384. The minimum atomic E-state index is 0.746. The fraction of sp³-hybridized carbons (Fsp3) is 0.111. The van der Waals surface area contributed by atoms with E-state index < -0.39 is 0 Å². The zero-order valence-electron chi connectivity index (χ0n) is 7.05. The molecule has 0 bridgehead atoms. The second-order valence-electron chi connectivity index (χ2n) is 2.74. The number of rotatable bonds is 2. The van der Waals surface area contributed by atoms with E-state index in [0.717, 1.165) is 18.1 Å². The smallest absolute Gasteiger partial charge is 0.272 e. The van der Waals surface area contributed by atoms with Crippen LogP contribution in [-0.4, -0.2) is 4.37 Å². The van der Waals surface area contributed by atoms with E-state index >= 15 is 0 Å². The molecule has 0 atom stereocenters. The Hall–Kier alpha value is -1.42. The number of pyridine rings is 1. The zero-order valence-corrected chi connectivity index (χ0v) is 7.87. The second-order valence-corrected chi connectivity index (χ2v) is 3.41. The zero-order chi connectivity index (χ0) is 9.10. The molecule has 2 N–H and O–H groups in total. The Kier molecular flexibility index (Phi) is 2.23. The number of hydrogen-bond acceptors (Lipinski definition) is 3. The SMILES string of the molecule is Nc1cccc[n+]1Cc1ccsn1. The Labute approximate surface area is 80.6 Å². The van der Waals surface area contributed by atoms with E-state index in [0.29, 0.717) is 0 Å². The van der Waals surface area contributed by atoms with Gasteiger partial charge in [-0.1, -0.05) is 6.07 Å². The summed E-state index contributed by atoms with van der Waals surface area (Å²) in [6.45, 7) is 0.746. The first-order valence-electron chi connectivity index (χ1n) is 3.99. The van der Waals surface area contributed by atoms with Crippen LogP contribution >= 0.6 is 11.5 Å². The first-order valence-corrected chi connectivity index (χ1v) is 4.83. The summed E-state index contributed by atoms with van der Waals surface area (Å²) in [5.74, 6) is 0.760. The van der Waals surface area contributed by atoms with Crippen molar-refractivity contribution < 1.29 is 4.57 Å². The first kappa shape index (κ1) is 8.19. The molecule has 0 aliphatic heterocycles. The van der Waals surface area contributed by atoms with Gasteiger partial charge in [-0.15, -0.1) is 0 Å². The molecule has 2 aromatic heterocycles. The molecule has 3 nitrogen and oxygen atoms in total. The lowest BCUT2D eigenvalue weighted by Crippen LogP contribution is -2.37. The fourth-order valence-corrected chi connectivity index (χ4v) is 1.66. The number of hydrogen-bond donors (Lipinski definition) is 1. The van der Waals surface area contributed by atoms with Gasteiger partial charge in [-0.25, -0.2) is 4.57 Å². The topological polar surface area (TPSA) is 42.8 Å². The molecule has 13 heavy (non-hydrogen) atoms. The van der Waals surface area contributed by atoms with Crippen molar-refractivity contribution in [2.75, 3.05) is 5.73 Å². The summed E-state index contributed by atoms with van der Waals surface area (Å²) in [7, 11) is 0. The van der Waals surface area contributed by atoms with Gasteiger partial charge in [-0.3, -0.25) is 5.73 Å². The third kappa shape index (κ3) is 1.84. The predicted molar refractivity (Wildman–Crippen MR) is 52.3 cm³/mol. The molecule has 0 aromatic carbocycles. The van der Waals surface area contributed by atoms with E-state index in [9.17, 15) is 0 Å². The van der Waals surface area contributed by atoms with E-state index in [1.54, 1.807) is 0 Å². The van der Waals surface area contributed by atoms with Crippen LogP contribution < -0.4 is 10.3 Å². The van der Waals surface area contributed by atoms with Crippen molar-refractivity contribution in [3.05, 3.63) is 41.5 Å². The molecular formula is C9H10N3S+. The van der Waals surface area contributed by atoms with Crippen molar-refractivity contribution in [3.8, 4) is 0 Å². The normalized spacial score (nSPS) is 10.2. The third-order valence-corrected chi connectivity index (χ3v) is 2.40. The summed E-state index contributed by atoms with van der Waals surface area (Å²) in [5, 5.41) is 1.97. The molecular weight excluding hydrogens is 182 g/mol. The highest BCUT2D eigenvalue weighted by Gasteiger charge is 2.04. The van der Waals surface area contributed by atoms with E-state index in [2.05, 4.69) is 4.37 Å². The number of anilines is 1. The molecule has 0 radical (unpaired) electrons. The van der Waals surface area contributed by atoms with Gasteiger partial charge in [-0.2, -0.15) is 4.37 Å². The fourth-order valence-electron chi connectivity index (χ4n) is 1.13. The minimum absolute atomic E-state index is 0.746. The largest absolute Gasteiger partial charge is 0.287 e. The summed E-state index contributed by atoms with van der Waals surface area (Å²) in [6, 6.07) is 7.77. The second kappa shape index (κ2) is 3.53. The van der Waals surface area contributed by atoms with Crippen molar-refractivity contribution in [2.45, 2.75) is 6.54 Å². The minimum Gasteiger partial charge on any atom is -0.287 e. The van der Waals surface area contributed by atoms with Crippen molar-refractivity contribution in [1.29, 1.82) is 0 Å². The van der Waals surface area contributed by atoms with Gasteiger partial charge < -0.3 is 0 Å². The Morgan fingerprint density at radius 2 is 2.31 bits per heavy atom. The Morgan fingerprint density at radius 1 is 1.38 bits per heavy atom. The van der Waals surface area contributed by atoms with Gasteiger partial charge in [0, 0.05) is 11.4 Å². The molecule has 2 aromatic rings. The molecule has 0 amide bonds. The molecule has 0 fully saturated rings. The lowest BCUT2D eigenvalue weighted by Gasteiger charge is -1.98. The van der Waals surface area contributed by atoms with Crippen LogP contribution in [0.2, 0.25) is 0 Å². The number of nitrogens with zero attached hydrogens (tertiary/aromatic N) is 2. The maximum atomic E-state index is 5.78. The monoisotopic (exact) mass is 192 g/mol. The highest BCUT2D eigenvalue weighted by molar-refractivity contribution is 7.03. The van der Waals surface area contributed by atoms with Gasteiger partial charge in [-0.05, 0) is 23.7 Å². The molecule has 0 spiro atoms. The first-order chi connectivity index (χ1) is 6.36. The van der Waals surface area contributed by atoms with Crippen molar-refractivity contribution in [1.82, 2.24) is 4.37 Å². The van der Waals surface area contributed by atoms with Crippen molar-refractivity contribution in [2.24, 2.45) is 0 Å². The van der Waals surface area contributed by atoms with Crippen LogP contribution in [-0.2, 0) is 6.54 Å². The highest BCUT2D eigenvalue weighted by atomic mass is 32.1. The summed E-state index contributed by atoms with van der Waals surface area (Å²) in [6.07, 6.45) is 1.95. The van der Waals surface area contributed by atoms with E-state index in [-0.39, 0.29) is 0 Å².